The highest BCUT2D eigenvalue weighted by Crippen LogP contribution is 2.13. The summed E-state index contributed by atoms with van der Waals surface area (Å²) in [6.45, 7) is 3.25. The summed E-state index contributed by atoms with van der Waals surface area (Å²) in [7, 11) is 4.78. The average molecular weight is 161 g/mol. The minimum absolute atomic E-state index is 0.500. The van der Waals surface area contributed by atoms with Crippen molar-refractivity contribution in [2.24, 2.45) is 0 Å². The monoisotopic (exact) mass is 161 g/mol. The fourth-order valence-electron chi connectivity index (χ4n) is 1.29. The zero-order valence-corrected chi connectivity index (χ0v) is 7.75. The van der Waals surface area contributed by atoms with Crippen LogP contribution >= 0.6 is 9.24 Å². The highest BCUT2D eigenvalue weighted by molar-refractivity contribution is 7.17. The molecule has 60 valence electrons. The number of hydrogen-bond donors (Lipinski definition) is 2. The van der Waals surface area contributed by atoms with Gasteiger partial charge in [-0.05, 0) is 20.4 Å². The van der Waals surface area contributed by atoms with Crippen LogP contribution in [0.15, 0.2) is 0 Å². The van der Waals surface area contributed by atoms with Crippen LogP contribution in [0.25, 0.3) is 0 Å². The highest BCUT2D eigenvalue weighted by Gasteiger charge is 2.24. The minimum Gasteiger partial charge on any atom is -0.304 e. The first-order chi connectivity index (χ1) is 4.75. The zero-order valence-electron chi connectivity index (χ0n) is 6.59. The van der Waals surface area contributed by atoms with E-state index in [9.17, 15) is 0 Å². The molecule has 4 heteroatoms. The Morgan fingerprint density at radius 3 is 2.90 bits per heavy atom. The highest BCUT2D eigenvalue weighted by atomic mass is 31.0. The molecule has 0 radical (unpaired) electrons. The van der Waals surface area contributed by atoms with Crippen LogP contribution < -0.4 is 10.7 Å². The Labute approximate surface area is 64.7 Å². The number of nitrogens with one attached hydrogen (secondary N) is 2. The van der Waals surface area contributed by atoms with E-state index in [4.69, 9.17) is 0 Å². The first-order valence-corrected chi connectivity index (χ1v) is 4.37. The summed E-state index contributed by atoms with van der Waals surface area (Å²) in [5, 5.41) is 5.47. The van der Waals surface area contributed by atoms with Crippen LogP contribution in [0.2, 0.25) is 0 Å². The summed E-state index contributed by atoms with van der Waals surface area (Å²) in [5.41, 5.74) is 3.31. The number of nitrogens with zero attached hydrogens (tertiary/aromatic N) is 1. The maximum absolute atomic E-state index is 3.31. The Morgan fingerprint density at radius 1 is 1.80 bits per heavy atom. The standard InChI is InChI=1S/C6H16N3P/c1-5(10)9-6(7-2)3-4-8-9/h5-8H,3-4,10H2,1-2H3/t5-,6-/m1/s1. The van der Waals surface area contributed by atoms with Crippen LogP contribution in [0.1, 0.15) is 13.3 Å². The van der Waals surface area contributed by atoms with Crippen LogP contribution in [0.5, 0.6) is 0 Å². The van der Waals surface area contributed by atoms with Gasteiger partial charge >= 0.3 is 0 Å². The van der Waals surface area contributed by atoms with E-state index < -0.39 is 0 Å². The Bertz CT molecular complexity index is 107. The van der Waals surface area contributed by atoms with Crippen LogP contribution in [0.3, 0.4) is 0 Å². The number of hydrogen-bond acceptors (Lipinski definition) is 3. The summed E-state index contributed by atoms with van der Waals surface area (Å²) in [4.78, 5) is 0. The van der Waals surface area contributed by atoms with Crippen molar-refractivity contribution in [1.82, 2.24) is 15.8 Å². The number of rotatable bonds is 2. The second kappa shape index (κ2) is 3.63. The lowest BCUT2D eigenvalue weighted by Crippen LogP contribution is -2.46. The summed E-state index contributed by atoms with van der Waals surface area (Å²) in [6, 6.07) is 0. The molecule has 10 heavy (non-hydrogen) atoms. The van der Waals surface area contributed by atoms with Gasteiger partial charge < -0.3 is 5.32 Å². The van der Waals surface area contributed by atoms with Crippen LogP contribution in [-0.2, 0) is 0 Å². The van der Waals surface area contributed by atoms with E-state index >= 15 is 0 Å². The lowest BCUT2D eigenvalue weighted by atomic mass is 10.4. The van der Waals surface area contributed by atoms with E-state index in [2.05, 4.69) is 31.9 Å². The van der Waals surface area contributed by atoms with Crippen molar-refractivity contribution >= 4 is 9.24 Å². The third kappa shape index (κ3) is 1.67. The van der Waals surface area contributed by atoms with Gasteiger partial charge in [-0.2, -0.15) is 0 Å². The van der Waals surface area contributed by atoms with Crippen molar-refractivity contribution in [3.05, 3.63) is 0 Å². The molecular formula is C6H16N3P. The van der Waals surface area contributed by atoms with E-state index in [0.29, 0.717) is 11.9 Å². The molecule has 0 amide bonds. The quantitative estimate of drug-likeness (QED) is 0.557. The lowest BCUT2D eigenvalue weighted by Gasteiger charge is -2.26. The smallest absolute Gasteiger partial charge is 0.0749 e. The van der Waals surface area contributed by atoms with E-state index in [-0.39, 0.29) is 0 Å². The molecule has 0 aromatic rings. The molecule has 0 saturated carbocycles. The molecule has 0 bridgehead atoms. The van der Waals surface area contributed by atoms with Crippen LogP contribution in [-0.4, -0.2) is 30.6 Å². The molecule has 1 rings (SSSR count). The van der Waals surface area contributed by atoms with Gasteiger partial charge in [-0.25, -0.2) is 5.01 Å². The molecule has 3 atom stereocenters. The average Bonchev–Trinajstić information content (AvgIpc) is 2.33. The van der Waals surface area contributed by atoms with Gasteiger partial charge in [-0.3, -0.25) is 5.43 Å². The van der Waals surface area contributed by atoms with Crippen LogP contribution in [0.4, 0.5) is 0 Å². The fraction of sp³-hybridized carbons (Fsp3) is 1.00. The van der Waals surface area contributed by atoms with Crippen molar-refractivity contribution in [3.8, 4) is 0 Å². The van der Waals surface area contributed by atoms with Crippen molar-refractivity contribution in [1.29, 1.82) is 0 Å². The maximum Gasteiger partial charge on any atom is 0.0749 e. The third-order valence-corrected chi connectivity index (χ3v) is 2.14. The normalized spacial score (nSPS) is 30.9. The second-order valence-electron chi connectivity index (χ2n) is 2.65. The predicted molar refractivity (Wildman–Crippen MR) is 46.5 cm³/mol. The molecule has 0 aromatic heterocycles. The molecule has 0 spiro atoms. The van der Waals surface area contributed by atoms with E-state index in [1.54, 1.807) is 0 Å². The molecule has 0 aliphatic carbocycles. The molecule has 1 aliphatic heterocycles. The third-order valence-electron chi connectivity index (χ3n) is 1.82. The van der Waals surface area contributed by atoms with Gasteiger partial charge in [-0.1, -0.05) is 0 Å². The maximum atomic E-state index is 3.31. The molecule has 1 unspecified atom stereocenters. The fourth-order valence-corrected chi connectivity index (χ4v) is 1.60. The minimum atomic E-state index is 0.500. The van der Waals surface area contributed by atoms with Gasteiger partial charge in [-0.15, -0.1) is 9.24 Å². The summed E-state index contributed by atoms with van der Waals surface area (Å²) < 4.78 is 0. The van der Waals surface area contributed by atoms with Gasteiger partial charge in [0, 0.05) is 12.3 Å². The summed E-state index contributed by atoms with van der Waals surface area (Å²) >= 11 is 0. The van der Waals surface area contributed by atoms with Crippen LogP contribution in [0, 0.1) is 0 Å². The van der Waals surface area contributed by atoms with Gasteiger partial charge in [0.1, 0.15) is 0 Å². The Morgan fingerprint density at radius 2 is 2.50 bits per heavy atom. The second-order valence-corrected chi connectivity index (χ2v) is 3.61. The molecule has 1 saturated heterocycles. The molecule has 1 heterocycles. The van der Waals surface area contributed by atoms with Gasteiger partial charge in [0.15, 0.2) is 0 Å². The molecule has 1 fully saturated rings. The molecule has 0 aromatic carbocycles. The SMILES string of the molecule is CN[C@H]1CCNN1[C@@H](C)P. The molecular weight excluding hydrogens is 145 g/mol. The topological polar surface area (TPSA) is 27.3 Å². The Balaban J connectivity index is 2.42. The van der Waals surface area contributed by atoms with E-state index in [1.807, 2.05) is 7.05 Å². The Kier molecular flexibility index (Phi) is 3.05. The van der Waals surface area contributed by atoms with Crippen molar-refractivity contribution in [2.75, 3.05) is 13.6 Å². The lowest BCUT2D eigenvalue weighted by molar-refractivity contribution is 0.160. The number of hydrazine groups is 1. The van der Waals surface area contributed by atoms with Crippen molar-refractivity contribution in [3.63, 3.8) is 0 Å². The van der Waals surface area contributed by atoms with Gasteiger partial charge in [0.25, 0.3) is 0 Å². The molecule has 2 N–H and O–H groups in total. The largest absolute Gasteiger partial charge is 0.304 e. The van der Waals surface area contributed by atoms with Gasteiger partial charge in [0.2, 0.25) is 0 Å². The first-order valence-electron chi connectivity index (χ1n) is 3.70. The Hall–Kier alpha value is 0.310. The van der Waals surface area contributed by atoms with Crippen molar-refractivity contribution in [2.45, 2.75) is 25.3 Å². The first kappa shape index (κ1) is 8.41. The van der Waals surface area contributed by atoms with E-state index in [1.165, 1.54) is 6.42 Å². The predicted octanol–water partition coefficient (Wildman–Crippen LogP) is -0.0367. The molecule has 3 nitrogen and oxygen atoms in total. The summed E-state index contributed by atoms with van der Waals surface area (Å²) in [6.07, 6.45) is 1.70. The van der Waals surface area contributed by atoms with Gasteiger partial charge in [0.05, 0.1) is 6.17 Å². The van der Waals surface area contributed by atoms with E-state index in [0.717, 1.165) is 6.54 Å². The molecule has 1 aliphatic rings. The van der Waals surface area contributed by atoms with Crippen molar-refractivity contribution < 1.29 is 0 Å². The zero-order chi connectivity index (χ0) is 7.56. The summed E-state index contributed by atoms with van der Waals surface area (Å²) in [5.74, 6) is 0.500.